The number of rotatable bonds is 1. The highest BCUT2D eigenvalue weighted by molar-refractivity contribution is 7.76. The van der Waals surface area contributed by atoms with E-state index in [4.69, 9.17) is 13.9 Å². The van der Waals surface area contributed by atoms with Crippen molar-refractivity contribution in [2.24, 2.45) is 5.14 Å². The molecule has 0 saturated heterocycles. The number of aromatic hydroxyl groups is 1. The van der Waals surface area contributed by atoms with E-state index in [2.05, 4.69) is 10.5 Å². The van der Waals surface area contributed by atoms with Crippen LogP contribution in [0.5, 0.6) is 5.75 Å². The van der Waals surface area contributed by atoms with E-state index in [0.29, 0.717) is 5.69 Å². The van der Waals surface area contributed by atoms with Crippen molar-refractivity contribution in [3.8, 4) is 5.75 Å². The number of carbonyl (C=O) groups is 1. The number of carbonyl (C=O) groups excluding carboxylic acids is 1. The number of phenols is 1. The van der Waals surface area contributed by atoms with Gasteiger partial charge < -0.3 is 15.0 Å². The molecule has 1 atom stereocenters. The third-order valence-corrected chi connectivity index (χ3v) is 1.21. The Morgan fingerprint density at radius 3 is 2.40 bits per heavy atom. The molecule has 0 radical (unpaired) electrons. The van der Waals surface area contributed by atoms with Gasteiger partial charge in [0.25, 0.3) is 0 Å². The maximum Gasteiger partial charge on any atom is 0.221 e. The van der Waals surface area contributed by atoms with Crippen molar-refractivity contribution in [1.29, 1.82) is 0 Å². The van der Waals surface area contributed by atoms with Gasteiger partial charge in [0.05, 0.1) is 5.69 Å². The molecule has 1 rings (SSSR count). The summed E-state index contributed by atoms with van der Waals surface area (Å²) in [4.78, 5) is 10.5. The summed E-state index contributed by atoms with van der Waals surface area (Å²) in [6.45, 7) is 1.40. The number of amides is 1. The maximum atomic E-state index is 10.5. The highest BCUT2D eigenvalue weighted by atomic mass is 32.2. The number of hydrogen-bond acceptors (Lipinski definition) is 4. The topological polar surface area (TPSA) is 115 Å². The molecule has 0 saturated carbocycles. The van der Waals surface area contributed by atoms with Crippen molar-refractivity contribution >= 4 is 22.9 Å². The van der Waals surface area contributed by atoms with E-state index in [0.717, 1.165) is 0 Å². The molecule has 0 aliphatic rings. The van der Waals surface area contributed by atoms with Crippen molar-refractivity contribution in [2.45, 2.75) is 6.92 Å². The molecule has 1 amide bonds. The zero-order valence-corrected chi connectivity index (χ0v) is 8.78. The SMILES string of the molecule is CC(=O)Nc1ccccc1O.NS(=O)[O-]. The Hall–Kier alpha value is -1.44. The zero-order chi connectivity index (χ0) is 11.8. The summed E-state index contributed by atoms with van der Waals surface area (Å²) < 4.78 is 17.6. The lowest BCUT2D eigenvalue weighted by molar-refractivity contribution is -0.114. The fourth-order valence-corrected chi connectivity index (χ4v) is 0.769. The van der Waals surface area contributed by atoms with Crippen LogP contribution in [-0.2, 0) is 16.1 Å². The van der Waals surface area contributed by atoms with Crippen LogP contribution in [0.1, 0.15) is 6.92 Å². The Kier molecular flexibility index (Phi) is 6.27. The second-order valence-electron chi connectivity index (χ2n) is 2.46. The molecule has 0 spiro atoms. The Morgan fingerprint density at radius 2 is 2.00 bits per heavy atom. The predicted molar refractivity (Wildman–Crippen MR) is 55.5 cm³/mol. The van der Waals surface area contributed by atoms with E-state index in [1.807, 2.05) is 0 Å². The Labute approximate surface area is 89.5 Å². The number of anilines is 1. The molecule has 15 heavy (non-hydrogen) atoms. The highest BCUT2D eigenvalue weighted by Crippen LogP contribution is 2.20. The van der Waals surface area contributed by atoms with Gasteiger partial charge in [0.1, 0.15) is 5.75 Å². The summed E-state index contributed by atoms with van der Waals surface area (Å²) in [5, 5.41) is 15.7. The molecule has 0 heterocycles. The normalized spacial score (nSPS) is 10.9. The smallest absolute Gasteiger partial charge is 0.221 e. The largest absolute Gasteiger partial charge is 0.760 e. The molecule has 84 valence electrons. The summed E-state index contributed by atoms with van der Waals surface area (Å²) in [5.41, 5.74) is 0.444. The number of phenolic OH excluding ortho intramolecular Hbond substituents is 1. The average Bonchev–Trinajstić information content (AvgIpc) is 2.07. The molecular weight excluding hydrogens is 220 g/mol. The molecule has 0 bridgehead atoms. The average molecular weight is 231 g/mol. The van der Waals surface area contributed by atoms with Gasteiger partial charge in [0, 0.05) is 18.2 Å². The van der Waals surface area contributed by atoms with Crippen molar-refractivity contribution in [2.75, 3.05) is 5.32 Å². The molecule has 4 N–H and O–H groups in total. The number of hydrogen-bond donors (Lipinski definition) is 3. The van der Waals surface area contributed by atoms with Crippen LogP contribution >= 0.6 is 0 Å². The Morgan fingerprint density at radius 1 is 1.53 bits per heavy atom. The van der Waals surface area contributed by atoms with E-state index in [1.165, 1.54) is 13.0 Å². The summed E-state index contributed by atoms with van der Waals surface area (Å²) in [5.74, 6) is -0.103. The number of nitrogens with two attached hydrogens (primary N) is 1. The molecule has 1 aromatic rings. The second-order valence-corrected chi connectivity index (χ2v) is 2.98. The lowest BCUT2D eigenvalue weighted by atomic mass is 10.3. The van der Waals surface area contributed by atoms with Crippen molar-refractivity contribution in [3.63, 3.8) is 0 Å². The van der Waals surface area contributed by atoms with Crippen molar-refractivity contribution in [1.82, 2.24) is 0 Å². The van der Waals surface area contributed by atoms with Gasteiger partial charge in [-0.1, -0.05) is 12.1 Å². The van der Waals surface area contributed by atoms with Crippen LogP contribution in [0.15, 0.2) is 24.3 Å². The summed E-state index contributed by atoms with van der Waals surface area (Å²) in [6.07, 6.45) is 0. The van der Waals surface area contributed by atoms with Crippen LogP contribution in [-0.4, -0.2) is 19.8 Å². The minimum Gasteiger partial charge on any atom is -0.760 e. The van der Waals surface area contributed by atoms with Crippen molar-refractivity contribution < 1.29 is 18.7 Å². The molecule has 1 unspecified atom stereocenters. The quantitative estimate of drug-likeness (QED) is 0.469. The first kappa shape index (κ1) is 13.6. The van der Waals surface area contributed by atoms with Gasteiger partial charge >= 0.3 is 0 Å². The van der Waals surface area contributed by atoms with Gasteiger partial charge in [0.15, 0.2) is 0 Å². The van der Waals surface area contributed by atoms with Crippen LogP contribution < -0.4 is 10.5 Å². The third kappa shape index (κ3) is 7.62. The summed E-state index contributed by atoms with van der Waals surface area (Å²) in [7, 11) is 0. The molecular formula is C8H11N2O4S-. The lowest BCUT2D eigenvalue weighted by Crippen LogP contribution is -2.05. The standard InChI is InChI=1S/C8H9NO2.H3NO2S/c1-6(10)9-7-4-2-3-5-8(7)11;1-4(2)3/h2-5,11H,1H3,(H,9,10);1H2,(H,2,3)/p-1. The van der Waals surface area contributed by atoms with Gasteiger partial charge in [-0.15, -0.1) is 0 Å². The van der Waals surface area contributed by atoms with Crippen molar-refractivity contribution in [3.05, 3.63) is 24.3 Å². The predicted octanol–water partition coefficient (Wildman–Crippen LogP) is 0.0898. The van der Waals surface area contributed by atoms with Gasteiger partial charge in [0.2, 0.25) is 5.91 Å². The Bertz CT molecular complexity index is 352. The summed E-state index contributed by atoms with van der Waals surface area (Å²) >= 11 is -2.36. The minimum atomic E-state index is -2.36. The van der Waals surface area contributed by atoms with E-state index in [-0.39, 0.29) is 11.7 Å². The van der Waals surface area contributed by atoms with Gasteiger partial charge in [-0.2, -0.15) is 0 Å². The van der Waals surface area contributed by atoms with Crippen LogP contribution in [0, 0.1) is 0 Å². The highest BCUT2D eigenvalue weighted by Gasteiger charge is 1.98. The zero-order valence-electron chi connectivity index (χ0n) is 7.97. The summed E-state index contributed by atoms with van der Waals surface area (Å²) in [6, 6.07) is 6.59. The first-order valence-corrected chi connectivity index (χ1v) is 4.96. The molecule has 7 heteroatoms. The number of benzene rings is 1. The van der Waals surface area contributed by atoms with Gasteiger partial charge in [-0.05, 0) is 12.1 Å². The first-order chi connectivity index (χ1) is 6.93. The second kappa shape index (κ2) is 6.93. The van der Waals surface area contributed by atoms with Crippen LogP contribution in [0.3, 0.4) is 0 Å². The molecule has 1 aromatic carbocycles. The molecule has 0 aromatic heterocycles. The van der Waals surface area contributed by atoms with Crippen LogP contribution in [0.2, 0.25) is 0 Å². The Balaban J connectivity index is 0.000000423. The molecule has 6 nitrogen and oxygen atoms in total. The molecule has 0 aliphatic carbocycles. The molecule has 0 aliphatic heterocycles. The lowest BCUT2D eigenvalue weighted by Gasteiger charge is -2.02. The maximum absolute atomic E-state index is 10.5. The first-order valence-electron chi connectivity index (χ1n) is 3.82. The number of para-hydroxylation sites is 2. The minimum absolute atomic E-state index is 0.0858. The van der Waals surface area contributed by atoms with Gasteiger partial charge in [-0.25, -0.2) is 0 Å². The van der Waals surface area contributed by atoms with E-state index >= 15 is 0 Å². The monoisotopic (exact) mass is 231 g/mol. The van der Waals surface area contributed by atoms with Gasteiger partial charge in [-0.3, -0.25) is 14.1 Å². The van der Waals surface area contributed by atoms with E-state index < -0.39 is 11.3 Å². The fraction of sp³-hybridized carbons (Fsp3) is 0.125. The fourth-order valence-electron chi connectivity index (χ4n) is 0.769. The van der Waals surface area contributed by atoms with Crippen LogP contribution in [0.4, 0.5) is 5.69 Å². The third-order valence-electron chi connectivity index (χ3n) is 1.21. The number of nitrogens with one attached hydrogen (secondary N) is 1. The van der Waals surface area contributed by atoms with E-state index in [9.17, 15) is 4.79 Å². The molecule has 0 fully saturated rings. The van der Waals surface area contributed by atoms with E-state index in [1.54, 1.807) is 18.2 Å². The van der Waals surface area contributed by atoms with Crippen LogP contribution in [0.25, 0.3) is 0 Å².